The maximum absolute atomic E-state index is 13.6. The standard InChI is InChI=1S/C31H41ClN4O4/c1-8-40-26-15-14-21(32)18-23(26)25(37)16-17-30(2,3)20-27(38)34-28-24(19-31(4,5)33-6)35(7)36(29(28)39)22-12-10-9-11-13-22/h9-15,18,33H,8,16-17,19-20H2,1-7H3,(H,34,38). The van der Waals surface area contributed by atoms with E-state index in [9.17, 15) is 14.4 Å². The molecular weight excluding hydrogens is 528 g/mol. The van der Waals surface area contributed by atoms with E-state index < -0.39 is 5.41 Å². The van der Waals surface area contributed by atoms with Crippen LogP contribution >= 0.6 is 11.6 Å². The lowest BCUT2D eigenvalue weighted by atomic mass is 9.82. The molecule has 0 aliphatic heterocycles. The van der Waals surface area contributed by atoms with Gasteiger partial charge in [-0.2, -0.15) is 0 Å². The third kappa shape index (κ3) is 7.64. The SMILES string of the molecule is CCOc1ccc(Cl)cc1C(=O)CCC(C)(C)CC(=O)Nc1c(CC(C)(C)NC)n(C)n(-c2ccccc2)c1=O. The maximum atomic E-state index is 13.6. The van der Waals surface area contributed by atoms with Crippen LogP contribution in [0.3, 0.4) is 0 Å². The smallest absolute Gasteiger partial charge is 0.295 e. The van der Waals surface area contributed by atoms with E-state index in [1.54, 1.807) is 27.6 Å². The Morgan fingerprint density at radius 1 is 1.05 bits per heavy atom. The van der Waals surface area contributed by atoms with Gasteiger partial charge in [-0.15, -0.1) is 0 Å². The number of ether oxygens (including phenoxy) is 1. The zero-order valence-corrected chi connectivity index (χ0v) is 25.3. The van der Waals surface area contributed by atoms with E-state index in [2.05, 4.69) is 10.6 Å². The van der Waals surface area contributed by atoms with Crippen LogP contribution in [-0.2, 0) is 18.3 Å². The number of ketones is 1. The van der Waals surface area contributed by atoms with Crippen LogP contribution in [0, 0.1) is 5.41 Å². The van der Waals surface area contributed by atoms with Gasteiger partial charge in [0.05, 0.1) is 23.6 Å². The topological polar surface area (TPSA) is 94.4 Å². The van der Waals surface area contributed by atoms with Crippen LogP contribution in [0.15, 0.2) is 53.3 Å². The number of benzene rings is 2. The molecule has 0 bridgehead atoms. The first-order valence-electron chi connectivity index (χ1n) is 13.6. The quantitative estimate of drug-likeness (QED) is 0.255. The van der Waals surface area contributed by atoms with E-state index in [0.717, 1.165) is 5.69 Å². The minimum atomic E-state index is -0.498. The number of carbonyl (C=O) groups excluding carboxylic acids is 2. The predicted octanol–water partition coefficient (Wildman–Crippen LogP) is 5.79. The van der Waals surface area contributed by atoms with Crippen molar-refractivity contribution in [1.29, 1.82) is 0 Å². The summed E-state index contributed by atoms with van der Waals surface area (Å²) in [4.78, 5) is 40.0. The van der Waals surface area contributed by atoms with Crippen LogP contribution in [-0.4, -0.2) is 40.2 Å². The fourth-order valence-electron chi connectivity index (χ4n) is 4.64. The largest absolute Gasteiger partial charge is 0.493 e. The monoisotopic (exact) mass is 568 g/mol. The molecule has 0 fully saturated rings. The highest BCUT2D eigenvalue weighted by Gasteiger charge is 2.29. The summed E-state index contributed by atoms with van der Waals surface area (Å²) in [7, 11) is 3.70. The van der Waals surface area contributed by atoms with Gasteiger partial charge in [0.15, 0.2) is 5.78 Å². The Hall–Kier alpha value is -3.36. The van der Waals surface area contributed by atoms with Crippen molar-refractivity contribution in [3.8, 4) is 11.4 Å². The molecule has 0 unspecified atom stereocenters. The van der Waals surface area contributed by atoms with Crippen LogP contribution in [0.25, 0.3) is 5.69 Å². The molecule has 0 aliphatic carbocycles. The van der Waals surface area contributed by atoms with Crippen molar-refractivity contribution in [3.05, 3.63) is 75.2 Å². The minimum Gasteiger partial charge on any atom is -0.493 e. The molecule has 0 atom stereocenters. The lowest BCUT2D eigenvalue weighted by Gasteiger charge is -2.26. The molecule has 0 radical (unpaired) electrons. The number of anilines is 1. The number of halogens is 1. The van der Waals surface area contributed by atoms with Crippen molar-refractivity contribution in [3.63, 3.8) is 0 Å². The first kappa shape index (κ1) is 31.2. The number of hydrogen-bond acceptors (Lipinski definition) is 5. The summed E-state index contributed by atoms with van der Waals surface area (Å²) in [5, 5.41) is 6.66. The highest BCUT2D eigenvalue weighted by Crippen LogP contribution is 2.31. The van der Waals surface area contributed by atoms with E-state index in [0.29, 0.717) is 41.5 Å². The number of hydrogen-bond donors (Lipinski definition) is 2. The summed E-state index contributed by atoms with van der Waals surface area (Å²) in [5.41, 5.74) is 1.05. The molecular formula is C31H41ClN4O4. The normalized spacial score (nSPS) is 11.9. The van der Waals surface area contributed by atoms with Crippen LogP contribution in [0.1, 0.15) is 69.9 Å². The summed E-state index contributed by atoms with van der Waals surface area (Å²) in [6, 6.07) is 14.4. The van der Waals surface area contributed by atoms with Gasteiger partial charge in [-0.3, -0.25) is 19.1 Å². The number of amides is 1. The number of para-hydroxylation sites is 1. The van der Waals surface area contributed by atoms with Gasteiger partial charge in [0.25, 0.3) is 5.56 Å². The molecule has 3 aromatic rings. The van der Waals surface area contributed by atoms with Crippen molar-refractivity contribution >= 4 is 29.0 Å². The van der Waals surface area contributed by atoms with E-state index in [4.69, 9.17) is 16.3 Å². The van der Waals surface area contributed by atoms with Crippen LogP contribution < -0.4 is 20.9 Å². The van der Waals surface area contributed by atoms with Gasteiger partial charge in [0.1, 0.15) is 11.4 Å². The van der Waals surface area contributed by atoms with Gasteiger partial charge >= 0.3 is 0 Å². The summed E-state index contributed by atoms with van der Waals surface area (Å²) >= 11 is 6.13. The highest BCUT2D eigenvalue weighted by atomic mass is 35.5. The number of nitrogens with zero attached hydrogens (tertiary/aromatic N) is 2. The molecule has 0 saturated heterocycles. The number of carbonyl (C=O) groups is 2. The Morgan fingerprint density at radius 3 is 2.35 bits per heavy atom. The molecule has 0 aliphatic rings. The number of rotatable bonds is 13. The van der Waals surface area contributed by atoms with Crippen molar-refractivity contribution in [1.82, 2.24) is 14.7 Å². The molecule has 0 saturated carbocycles. The minimum absolute atomic E-state index is 0.0928. The van der Waals surface area contributed by atoms with Crippen molar-refractivity contribution in [2.75, 3.05) is 19.0 Å². The molecule has 40 heavy (non-hydrogen) atoms. The fourth-order valence-corrected chi connectivity index (χ4v) is 4.81. The molecule has 0 spiro atoms. The molecule has 2 aromatic carbocycles. The van der Waals surface area contributed by atoms with Crippen molar-refractivity contribution < 1.29 is 14.3 Å². The predicted molar refractivity (Wildman–Crippen MR) is 161 cm³/mol. The molecule has 8 nitrogen and oxygen atoms in total. The molecule has 1 amide bonds. The van der Waals surface area contributed by atoms with Crippen molar-refractivity contribution in [2.45, 2.75) is 65.8 Å². The van der Waals surface area contributed by atoms with Gasteiger partial charge < -0.3 is 15.4 Å². The Morgan fingerprint density at radius 2 is 1.73 bits per heavy atom. The molecule has 3 rings (SSSR count). The Kier molecular flexibility index (Phi) is 10.0. The van der Waals surface area contributed by atoms with E-state index in [1.807, 2.05) is 79.0 Å². The Labute approximate surface area is 241 Å². The summed E-state index contributed by atoms with van der Waals surface area (Å²) in [6.07, 6.45) is 1.36. The number of likely N-dealkylation sites (N-methyl/N-ethyl adjacent to an activating group) is 1. The van der Waals surface area contributed by atoms with Gasteiger partial charge in [-0.05, 0) is 70.0 Å². The Balaban J connectivity index is 1.80. The third-order valence-corrected chi connectivity index (χ3v) is 7.38. The van der Waals surface area contributed by atoms with E-state index >= 15 is 0 Å². The molecule has 2 N–H and O–H groups in total. The number of aromatic nitrogens is 2. The van der Waals surface area contributed by atoms with Crippen LogP contribution in [0.2, 0.25) is 5.02 Å². The molecule has 216 valence electrons. The lowest BCUT2D eigenvalue weighted by molar-refractivity contribution is -0.118. The zero-order chi connectivity index (χ0) is 29.7. The Bertz CT molecular complexity index is 1410. The first-order valence-corrected chi connectivity index (χ1v) is 14.0. The molecule has 1 aromatic heterocycles. The first-order chi connectivity index (χ1) is 18.8. The van der Waals surface area contributed by atoms with Gasteiger partial charge in [0.2, 0.25) is 5.91 Å². The van der Waals surface area contributed by atoms with E-state index in [1.165, 1.54) is 0 Å². The van der Waals surface area contributed by atoms with Crippen molar-refractivity contribution in [2.24, 2.45) is 12.5 Å². The second kappa shape index (κ2) is 12.9. The summed E-state index contributed by atoms with van der Waals surface area (Å²) in [5.74, 6) is 0.134. The second-order valence-corrected chi connectivity index (χ2v) is 11.9. The zero-order valence-electron chi connectivity index (χ0n) is 24.6. The van der Waals surface area contributed by atoms with Gasteiger partial charge in [0, 0.05) is 36.9 Å². The van der Waals surface area contributed by atoms with Gasteiger partial charge in [-0.25, -0.2) is 4.68 Å². The molecule has 1 heterocycles. The average Bonchev–Trinajstić information content (AvgIpc) is 3.12. The molecule has 9 heteroatoms. The highest BCUT2D eigenvalue weighted by molar-refractivity contribution is 6.31. The van der Waals surface area contributed by atoms with Crippen LogP contribution in [0.4, 0.5) is 5.69 Å². The van der Waals surface area contributed by atoms with Crippen LogP contribution in [0.5, 0.6) is 5.75 Å². The second-order valence-electron chi connectivity index (χ2n) is 11.5. The number of Topliss-reactive ketones (excluding diaryl/α,β-unsaturated/α-hetero) is 1. The van der Waals surface area contributed by atoms with Gasteiger partial charge in [-0.1, -0.05) is 43.6 Å². The third-order valence-electron chi connectivity index (χ3n) is 7.15. The lowest BCUT2D eigenvalue weighted by Crippen LogP contribution is -2.39. The number of nitrogens with one attached hydrogen (secondary N) is 2. The fraction of sp³-hybridized carbons (Fsp3) is 0.452. The van der Waals surface area contributed by atoms with E-state index in [-0.39, 0.29) is 41.3 Å². The maximum Gasteiger partial charge on any atom is 0.295 e. The summed E-state index contributed by atoms with van der Waals surface area (Å²) in [6.45, 7) is 10.3. The average molecular weight is 569 g/mol. The summed E-state index contributed by atoms with van der Waals surface area (Å²) < 4.78 is 8.98.